The fourth-order valence-corrected chi connectivity index (χ4v) is 6.86. The van der Waals surface area contributed by atoms with Gasteiger partial charge in [0.15, 0.2) is 5.84 Å². The average Bonchev–Trinajstić information content (AvgIpc) is 3.74. The maximum atomic E-state index is 7.04. The van der Waals surface area contributed by atoms with Crippen molar-refractivity contribution in [3.63, 3.8) is 0 Å². The normalized spacial score (nSPS) is 15.6. The van der Waals surface area contributed by atoms with Crippen LogP contribution in [-0.4, -0.2) is 21.1 Å². The van der Waals surface area contributed by atoms with Crippen LogP contribution >= 0.6 is 23.2 Å². The topological polar surface area (TPSA) is 42.5 Å². The molecule has 0 radical (unpaired) electrons. The zero-order valence-electron chi connectivity index (χ0n) is 25.7. The van der Waals surface area contributed by atoms with Gasteiger partial charge in [0.05, 0.1) is 21.4 Å². The molecule has 1 aromatic heterocycles. The Morgan fingerprint density at radius 3 is 1.54 bits per heavy atom. The smallest absolute Gasteiger partial charge is 0.209 e. The quantitative estimate of drug-likeness (QED) is 0.168. The second-order valence-electron chi connectivity index (χ2n) is 11.5. The van der Waals surface area contributed by atoms with Crippen LogP contribution in [0.25, 0.3) is 33.9 Å². The highest BCUT2D eigenvalue weighted by Gasteiger charge is 2.48. The molecule has 0 bridgehead atoms. The van der Waals surface area contributed by atoms with Crippen LogP contribution < -0.4 is 0 Å². The molecular weight excluding hydrogens is 631 g/mol. The second kappa shape index (κ2) is 12.6. The number of amidine groups is 1. The molecule has 7 aromatic rings. The number of halogens is 2. The van der Waals surface area contributed by atoms with E-state index >= 15 is 0 Å². The number of hydrogen-bond donors (Lipinski definition) is 0. The summed E-state index contributed by atoms with van der Waals surface area (Å²) < 4.78 is 2.23. The van der Waals surface area contributed by atoms with Crippen molar-refractivity contribution in [2.75, 3.05) is 0 Å². The fraction of sp³-hybridized carbons (Fsp3) is 0.0238. The summed E-state index contributed by atoms with van der Waals surface area (Å²) in [5, 5.41) is 1.15. The van der Waals surface area contributed by atoms with Crippen LogP contribution in [0.1, 0.15) is 16.7 Å². The molecular formula is C42H28Cl2N4. The van der Waals surface area contributed by atoms with Gasteiger partial charge in [-0.25, -0.2) is 15.0 Å². The van der Waals surface area contributed by atoms with E-state index in [0.717, 1.165) is 50.5 Å². The highest BCUT2D eigenvalue weighted by atomic mass is 35.5. The predicted molar refractivity (Wildman–Crippen MR) is 198 cm³/mol. The predicted octanol–water partition coefficient (Wildman–Crippen LogP) is 10.8. The summed E-state index contributed by atoms with van der Waals surface area (Å²) in [5.74, 6) is 1.19. The molecule has 4 nitrogen and oxygen atoms in total. The summed E-state index contributed by atoms with van der Waals surface area (Å²) in [6.07, 6.45) is 0. The number of rotatable bonds is 7. The summed E-state index contributed by atoms with van der Waals surface area (Å²) in [4.78, 5) is 16.5. The Morgan fingerprint density at radius 2 is 0.958 bits per heavy atom. The summed E-state index contributed by atoms with van der Waals surface area (Å²) in [7, 11) is 0. The highest BCUT2D eigenvalue weighted by Crippen LogP contribution is 2.48. The third-order valence-electron chi connectivity index (χ3n) is 8.56. The molecule has 8 rings (SSSR count). The first-order valence-corrected chi connectivity index (χ1v) is 16.4. The Labute approximate surface area is 289 Å². The molecule has 6 heteroatoms. The van der Waals surface area contributed by atoms with Gasteiger partial charge in [-0.3, -0.25) is 4.57 Å². The number of nitrogens with zero attached hydrogens (tertiary/aromatic N) is 4. The third-order valence-corrected chi connectivity index (χ3v) is 9.22. The highest BCUT2D eigenvalue weighted by molar-refractivity contribution is 6.35. The zero-order valence-corrected chi connectivity index (χ0v) is 27.2. The average molecular weight is 660 g/mol. The molecule has 0 amide bonds. The van der Waals surface area contributed by atoms with Crippen molar-refractivity contribution < 1.29 is 0 Å². The molecule has 230 valence electrons. The Bertz CT molecular complexity index is 2300. The number of benzene rings is 6. The van der Waals surface area contributed by atoms with Gasteiger partial charge in [0.1, 0.15) is 11.5 Å². The second-order valence-corrected chi connectivity index (χ2v) is 12.3. The molecule has 6 aromatic carbocycles. The van der Waals surface area contributed by atoms with E-state index < -0.39 is 5.66 Å². The summed E-state index contributed by atoms with van der Waals surface area (Å²) in [6, 6.07) is 56.6. The van der Waals surface area contributed by atoms with Gasteiger partial charge >= 0.3 is 0 Å². The van der Waals surface area contributed by atoms with Crippen LogP contribution in [0.4, 0.5) is 0 Å². The van der Waals surface area contributed by atoms with Crippen molar-refractivity contribution >= 4 is 34.7 Å². The van der Waals surface area contributed by atoms with Gasteiger partial charge in [0.2, 0.25) is 5.66 Å². The van der Waals surface area contributed by atoms with Gasteiger partial charge in [-0.2, -0.15) is 0 Å². The monoisotopic (exact) mass is 658 g/mol. The molecule has 0 N–H and O–H groups in total. The van der Waals surface area contributed by atoms with Gasteiger partial charge in [0, 0.05) is 33.4 Å². The Balaban J connectivity index is 1.60. The lowest BCUT2D eigenvalue weighted by molar-refractivity contribution is 0.526. The van der Waals surface area contributed by atoms with Gasteiger partial charge in [-0.15, -0.1) is 0 Å². The fourth-order valence-electron chi connectivity index (χ4n) is 6.41. The minimum absolute atomic E-state index is 0.530. The number of aromatic nitrogens is 2. The number of hydrogen-bond acceptors (Lipinski definition) is 3. The van der Waals surface area contributed by atoms with Gasteiger partial charge in [-0.1, -0.05) is 169 Å². The first-order valence-electron chi connectivity index (χ1n) is 15.7. The summed E-state index contributed by atoms with van der Waals surface area (Å²) >= 11 is 13.9. The van der Waals surface area contributed by atoms with E-state index in [1.807, 2.05) is 121 Å². The molecule has 0 spiro atoms. The van der Waals surface area contributed by atoms with Crippen LogP contribution in [0, 0.1) is 0 Å². The van der Waals surface area contributed by atoms with E-state index in [1.54, 1.807) is 0 Å². The largest absolute Gasteiger partial charge is 0.288 e. The SMILES string of the molecule is Clc1ccccc1C1=NC(c2ccccc2)(n2c(-c3ccccc3Cl)nc(-c3ccccc3)c2-c2ccccc2)C(c2ccccc2)=N1. The Morgan fingerprint density at radius 1 is 0.479 bits per heavy atom. The van der Waals surface area contributed by atoms with Crippen molar-refractivity contribution in [2.24, 2.45) is 9.98 Å². The van der Waals surface area contributed by atoms with Gasteiger partial charge in [-0.05, 0) is 24.3 Å². The van der Waals surface area contributed by atoms with Crippen molar-refractivity contribution in [3.8, 4) is 33.9 Å². The van der Waals surface area contributed by atoms with E-state index in [-0.39, 0.29) is 0 Å². The standard InChI is InChI=1S/C42H28Cl2N4/c43-35-27-15-13-25-33(35)40-46-39(31-21-9-3-10-22-31)42(47-40,32-23-11-4-12-24-32)48-38(30-19-7-2-8-20-30)37(29-17-5-1-6-18-29)45-41(48)34-26-14-16-28-36(34)44/h1-28H. The van der Waals surface area contributed by atoms with Crippen molar-refractivity contribution in [2.45, 2.75) is 5.66 Å². The number of aliphatic imine (C=N–C) groups is 2. The third kappa shape index (κ3) is 5.07. The first kappa shape index (κ1) is 29.8. The molecule has 1 unspecified atom stereocenters. The molecule has 1 atom stereocenters. The van der Waals surface area contributed by atoms with Crippen LogP contribution in [0.5, 0.6) is 0 Å². The van der Waals surface area contributed by atoms with Gasteiger partial charge < -0.3 is 0 Å². The molecule has 0 saturated heterocycles. The van der Waals surface area contributed by atoms with Crippen LogP contribution in [-0.2, 0) is 5.66 Å². The lowest BCUT2D eigenvalue weighted by Crippen LogP contribution is -2.41. The van der Waals surface area contributed by atoms with E-state index in [2.05, 4.69) is 53.1 Å². The van der Waals surface area contributed by atoms with E-state index in [1.165, 1.54) is 0 Å². The molecule has 0 fully saturated rings. The van der Waals surface area contributed by atoms with Gasteiger partial charge in [0.25, 0.3) is 0 Å². The lowest BCUT2D eigenvalue weighted by atomic mass is 9.88. The van der Waals surface area contributed by atoms with Crippen LogP contribution in [0.3, 0.4) is 0 Å². The number of imidazole rings is 1. The van der Waals surface area contributed by atoms with Crippen molar-refractivity contribution in [1.82, 2.24) is 9.55 Å². The van der Waals surface area contributed by atoms with Crippen molar-refractivity contribution in [3.05, 3.63) is 197 Å². The lowest BCUT2D eigenvalue weighted by Gasteiger charge is -2.34. The van der Waals surface area contributed by atoms with Crippen LogP contribution in [0.15, 0.2) is 180 Å². The molecule has 0 aliphatic carbocycles. The molecule has 48 heavy (non-hydrogen) atoms. The van der Waals surface area contributed by atoms with E-state index in [9.17, 15) is 0 Å². The maximum absolute atomic E-state index is 7.04. The minimum atomic E-state index is -1.23. The Hall–Kier alpha value is -5.55. The van der Waals surface area contributed by atoms with E-state index in [0.29, 0.717) is 21.7 Å². The molecule has 2 heterocycles. The summed E-state index contributed by atoms with van der Waals surface area (Å²) in [5.41, 5.74) is 6.52. The molecule has 1 aliphatic rings. The van der Waals surface area contributed by atoms with E-state index in [4.69, 9.17) is 38.2 Å². The maximum Gasteiger partial charge on any atom is 0.209 e. The first-order chi connectivity index (χ1) is 23.6. The molecule has 0 saturated carbocycles. The molecule has 1 aliphatic heterocycles. The minimum Gasteiger partial charge on any atom is -0.288 e. The zero-order chi connectivity index (χ0) is 32.5. The van der Waals surface area contributed by atoms with Crippen molar-refractivity contribution in [1.29, 1.82) is 0 Å². The van der Waals surface area contributed by atoms with Crippen LogP contribution in [0.2, 0.25) is 10.0 Å². The Kier molecular flexibility index (Phi) is 7.81. The summed E-state index contributed by atoms with van der Waals surface area (Å²) in [6.45, 7) is 0.